The summed E-state index contributed by atoms with van der Waals surface area (Å²) in [6.07, 6.45) is 0.878. The van der Waals surface area contributed by atoms with Gasteiger partial charge in [0.25, 0.3) is 0 Å². The van der Waals surface area contributed by atoms with Crippen molar-refractivity contribution in [2.75, 3.05) is 14.2 Å². The molecule has 102 valence electrons. The van der Waals surface area contributed by atoms with Crippen molar-refractivity contribution >= 4 is 11.6 Å². The van der Waals surface area contributed by atoms with Crippen molar-refractivity contribution in [3.8, 4) is 5.75 Å². The van der Waals surface area contributed by atoms with Gasteiger partial charge in [0.15, 0.2) is 0 Å². The first-order chi connectivity index (χ1) is 9.19. The second kappa shape index (κ2) is 6.13. The minimum absolute atomic E-state index is 0.0750. The molecule has 1 N–H and O–H groups in total. The van der Waals surface area contributed by atoms with E-state index in [4.69, 9.17) is 20.8 Å². The number of hydrogen-bond donors (Lipinski definition) is 1. The Morgan fingerprint density at radius 2 is 2.11 bits per heavy atom. The van der Waals surface area contributed by atoms with Gasteiger partial charge in [0.1, 0.15) is 17.3 Å². The first-order valence-electron chi connectivity index (χ1n) is 6.29. The number of hydrogen-bond acceptors (Lipinski definition) is 3. The van der Waals surface area contributed by atoms with Crippen LogP contribution in [0.4, 0.5) is 0 Å². The average Bonchev–Trinajstić information content (AvgIpc) is 2.89. The summed E-state index contributed by atoms with van der Waals surface area (Å²) in [6, 6.07) is 9.49. The van der Waals surface area contributed by atoms with Crippen LogP contribution in [0.25, 0.3) is 0 Å². The van der Waals surface area contributed by atoms with Crippen LogP contribution in [0.3, 0.4) is 0 Å². The highest BCUT2D eigenvalue weighted by atomic mass is 35.5. The van der Waals surface area contributed by atoms with E-state index in [2.05, 4.69) is 12.2 Å². The Labute approximate surface area is 118 Å². The van der Waals surface area contributed by atoms with Crippen LogP contribution in [0.15, 0.2) is 34.7 Å². The summed E-state index contributed by atoms with van der Waals surface area (Å²) >= 11 is 6.08. The maximum atomic E-state index is 6.08. The van der Waals surface area contributed by atoms with Gasteiger partial charge in [-0.25, -0.2) is 0 Å². The van der Waals surface area contributed by atoms with Crippen LogP contribution in [0.2, 0.25) is 5.02 Å². The van der Waals surface area contributed by atoms with Crippen LogP contribution < -0.4 is 10.1 Å². The molecule has 2 rings (SSSR count). The third-order valence-electron chi connectivity index (χ3n) is 3.11. The molecule has 0 saturated carbocycles. The zero-order chi connectivity index (χ0) is 13.8. The topological polar surface area (TPSA) is 34.4 Å². The zero-order valence-electron chi connectivity index (χ0n) is 11.4. The Morgan fingerprint density at radius 1 is 1.32 bits per heavy atom. The largest absolute Gasteiger partial charge is 0.496 e. The van der Waals surface area contributed by atoms with E-state index in [-0.39, 0.29) is 6.04 Å². The molecule has 1 aromatic carbocycles. The summed E-state index contributed by atoms with van der Waals surface area (Å²) in [6.45, 7) is 2.07. The zero-order valence-corrected chi connectivity index (χ0v) is 12.1. The number of ether oxygens (including phenoxy) is 1. The molecule has 1 atom stereocenters. The molecule has 1 heterocycles. The van der Waals surface area contributed by atoms with Crippen LogP contribution in [0.1, 0.15) is 30.0 Å². The molecule has 4 heteroatoms. The van der Waals surface area contributed by atoms with Crippen molar-refractivity contribution in [3.63, 3.8) is 0 Å². The first-order valence-corrected chi connectivity index (χ1v) is 6.66. The van der Waals surface area contributed by atoms with E-state index in [1.807, 2.05) is 37.4 Å². The molecule has 0 aliphatic rings. The molecule has 19 heavy (non-hydrogen) atoms. The van der Waals surface area contributed by atoms with Crippen molar-refractivity contribution in [2.24, 2.45) is 0 Å². The van der Waals surface area contributed by atoms with E-state index in [1.54, 1.807) is 7.11 Å². The van der Waals surface area contributed by atoms with Crippen LogP contribution in [0, 0.1) is 0 Å². The molecule has 0 bridgehead atoms. The molecule has 0 aliphatic carbocycles. The number of benzene rings is 1. The third kappa shape index (κ3) is 2.94. The Bertz CT molecular complexity index is 551. The van der Waals surface area contributed by atoms with E-state index in [0.717, 1.165) is 29.3 Å². The predicted molar refractivity (Wildman–Crippen MR) is 77.0 cm³/mol. The monoisotopic (exact) mass is 279 g/mol. The van der Waals surface area contributed by atoms with Gasteiger partial charge < -0.3 is 14.5 Å². The molecule has 0 aliphatic heterocycles. The Hall–Kier alpha value is -1.45. The van der Waals surface area contributed by atoms with E-state index >= 15 is 0 Å². The van der Waals surface area contributed by atoms with Crippen molar-refractivity contribution in [3.05, 3.63) is 52.4 Å². The van der Waals surface area contributed by atoms with Crippen molar-refractivity contribution in [2.45, 2.75) is 19.4 Å². The second-order valence-electron chi connectivity index (χ2n) is 4.27. The first kappa shape index (κ1) is 14.0. The molecule has 1 aromatic heterocycles. The molecule has 0 spiro atoms. The van der Waals surface area contributed by atoms with Gasteiger partial charge in [-0.05, 0) is 37.4 Å². The number of halogens is 1. The molecule has 0 saturated heterocycles. The van der Waals surface area contributed by atoms with Gasteiger partial charge in [0, 0.05) is 17.0 Å². The standard InChI is InChI=1S/C15H18ClNO2/c1-4-11-6-8-14(19-11)15(17-2)12-9-10(16)5-7-13(12)18-3/h5-9,15,17H,4H2,1-3H3. The maximum absolute atomic E-state index is 6.08. The fourth-order valence-corrected chi connectivity index (χ4v) is 2.30. The number of rotatable bonds is 5. The molecular weight excluding hydrogens is 262 g/mol. The Balaban J connectivity index is 2.43. The highest BCUT2D eigenvalue weighted by Crippen LogP contribution is 2.32. The third-order valence-corrected chi connectivity index (χ3v) is 3.34. The summed E-state index contributed by atoms with van der Waals surface area (Å²) in [7, 11) is 3.54. The van der Waals surface area contributed by atoms with Crippen molar-refractivity contribution in [1.82, 2.24) is 5.32 Å². The fraction of sp³-hybridized carbons (Fsp3) is 0.333. The highest BCUT2D eigenvalue weighted by molar-refractivity contribution is 6.30. The highest BCUT2D eigenvalue weighted by Gasteiger charge is 2.20. The fourth-order valence-electron chi connectivity index (χ4n) is 2.12. The molecule has 3 nitrogen and oxygen atoms in total. The van der Waals surface area contributed by atoms with E-state index in [0.29, 0.717) is 5.02 Å². The van der Waals surface area contributed by atoms with Crippen LogP contribution in [0.5, 0.6) is 5.75 Å². The van der Waals surface area contributed by atoms with Gasteiger partial charge in [0.2, 0.25) is 0 Å². The van der Waals surface area contributed by atoms with Crippen molar-refractivity contribution in [1.29, 1.82) is 0 Å². The lowest BCUT2D eigenvalue weighted by atomic mass is 10.0. The Morgan fingerprint density at radius 3 is 2.68 bits per heavy atom. The summed E-state index contributed by atoms with van der Waals surface area (Å²) in [4.78, 5) is 0. The van der Waals surface area contributed by atoms with E-state index in [1.165, 1.54) is 0 Å². The second-order valence-corrected chi connectivity index (χ2v) is 4.70. The summed E-state index contributed by atoms with van der Waals surface area (Å²) in [5.41, 5.74) is 0.967. The number of nitrogens with one attached hydrogen (secondary N) is 1. The van der Waals surface area contributed by atoms with E-state index in [9.17, 15) is 0 Å². The lowest BCUT2D eigenvalue weighted by Gasteiger charge is -2.17. The van der Waals surface area contributed by atoms with E-state index < -0.39 is 0 Å². The molecule has 2 aromatic rings. The Kier molecular flexibility index (Phi) is 4.51. The van der Waals surface area contributed by atoms with Gasteiger partial charge in [-0.2, -0.15) is 0 Å². The van der Waals surface area contributed by atoms with Gasteiger partial charge in [-0.15, -0.1) is 0 Å². The minimum Gasteiger partial charge on any atom is -0.496 e. The summed E-state index contributed by atoms with van der Waals surface area (Å²) in [5, 5.41) is 3.92. The summed E-state index contributed by atoms with van der Waals surface area (Å²) < 4.78 is 11.2. The summed E-state index contributed by atoms with van der Waals surface area (Å²) in [5.74, 6) is 2.62. The van der Waals surface area contributed by atoms with Crippen LogP contribution >= 0.6 is 11.6 Å². The number of aryl methyl sites for hydroxylation is 1. The van der Waals surface area contributed by atoms with Crippen molar-refractivity contribution < 1.29 is 9.15 Å². The quantitative estimate of drug-likeness (QED) is 0.904. The number of methoxy groups -OCH3 is 1. The molecule has 0 fully saturated rings. The van der Waals surface area contributed by atoms with Gasteiger partial charge in [0.05, 0.1) is 13.2 Å². The molecule has 0 radical (unpaired) electrons. The minimum atomic E-state index is -0.0750. The maximum Gasteiger partial charge on any atom is 0.125 e. The SMILES string of the molecule is CCc1ccc(C(NC)c2cc(Cl)ccc2OC)o1. The number of furan rings is 1. The van der Waals surface area contributed by atoms with Crippen LogP contribution in [-0.4, -0.2) is 14.2 Å². The van der Waals surface area contributed by atoms with Gasteiger partial charge >= 0.3 is 0 Å². The van der Waals surface area contributed by atoms with Crippen LogP contribution in [-0.2, 0) is 6.42 Å². The van der Waals surface area contributed by atoms with Gasteiger partial charge in [-0.1, -0.05) is 18.5 Å². The lowest BCUT2D eigenvalue weighted by molar-refractivity contribution is 0.392. The smallest absolute Gasteiger partial charge is 0.125 e. The molecular formula is C15H18ClNO2. The lowest BCUT2D eigenvalue weighted by Crippen LogP contribution is -2.17. The predicted octanol–water partition coefficient (Wildman–Crippen LogP) is 3.81. The van der Waals surface area contributed by atoms with Gasteiger partial charge in [-0.3, -0.25) is 0 Å². The molecule has 1 unspecified atom stereocenters. The molecule has 0 amide bonds. The average molecular weight is 280 g/mol. The normalized spacial score (nSPS) is 12.4.